The molecule has 0 aliphatic carbocycles. The van der Waals surface area contributed by atoms with Crippen LogP contribution in [0.15, 0.2) is 35.4 Å². The van der Waals surface area contributed by atoms with Crippen molar-refractivity contribution >= 4 is 6.21 Å². The van der Waals surface area contributed by atoms with E-state index >= 15 is 0 Å². The third-order valence-electron chi connectivity index (χ3n) is 3.09. The highest BCUT2D eigenvalue weighted by Gasteiger charge is 2.21. The second kappa shape index (κ2) is 4.96. The number of hydrogen-bond acceptors (Lipinski definition) is 2. The average molecular weight is 202 g/mol. The highest BCUT2D eigenvalue weighted by Crippen LogP contribution is 2.19. The van der Waals surface area contributed by atoms with E-state index in [1.54, 1.807) is 0 Å². The van der Waals surface area contributed by atoms with Crippen LogP contribution in [0.4, 0.5) is 0 Å². The van der Waals surface area contributed by atoms with Gasteiger partial charge in [0.05, 0.1) is 0 Å². The molecule has 0 aromatic heterocycles. The topological polar surface area (TPSA) is 24.4 Å². The predicted octanol–water partition coefficient (Wildman–Crippen LogP) is 2.60. The number of hydrazone groups is 1. The molecule has 1 aromatic carbocycles. The lowest BCUT2D eigenvalue weighted by Gasteiger charge is -2.28. The fraction of sp³-hybridized carbons (Fsp3) is 0.462. The van der Waals surface area contributed by atoms with Crippen molar-refractivity contribution in [1.29, 1.82) is 0 Å². The molecule has 0 bridgehead atoms. The molecule has 80 valence electrons. The molecule has 2 heteroatoms. The highest BCUT2D eigenvalue weighted by molar-refractivity contribution is 5.58. The van der Waals surface area contributed by atoms with Crippen LogP contribution in [0.3, 0.4) is 0 Å². The van der Waals surface area contributed by atoms with Crippen LogP contribution >= 0.6 is 0 Å². The number of benzene rings is 1. The Morgan fingerprint density at radius 2 is 2.13 bits per heavy atom. The summed E-state index contributed by atoms with van der Waals surface area (Å²) in [6, 6.07) is 11.2. The molecule has 2 unspecified atom stereocenters. The number of rotatable bonds is 3. The zero-order valence-corrected chi connectivity index (χ0v) is 9.19. The van der Waals surface area contributed by atoms with E-state index < -0.39 is 0 Å². The fourth-order valence-corrected chi connectivity index (χ4v) is 2.17. The van der Waals surface area contributed by atoms with E-state index in [4.69, 9.17) is 0 Å². The number of hydrogen-bond donors (Lipinski definition) is 1. The molecular weight excluding hydrogens is 184 g/mol. The maximum Gasteiger partial charge on any atom is 0.0472 e. The van der Waals surface area contributed by atoms with Crippen LogP contribution in [0.25, 0.3) is 0 Å². The molecule has 15 heavy (non-hydrogen) atoms. The normalized spacial score (nSPS) is 24.9. The SMILES string of the molecule is CCC1NN=CCC1Cc1ccccc1. The molecule has 0 fully saturated rings. The molecule has 2 atom stereocenters. The molecule has 0 saturated heterocycles. The van der Waals surface area contributed by atoms with Crippen LogP contribution in [-0.2, 0) is 6.42 Å². The van der Waals surface area contributed by atoms with E-state index in [1.165, 1.54) is 5.56 Å². The summed E-state index contributed by atoms with van der Waals surface area (Å²) in [6.45, 7) is 2.22. The molecule has 1 aromatic rings. The van der Waals surface area contributed by atoms with E-state index in [9.17, 15) is 0 Å². The Balaban J connectivity index is 2.01. The van der Waals surface area contributed by atoms with Crippen LogP contribution in [0, 0.1) is 5.92 Å². The summed E-state index contributed by atoms with van der Waals surface area (Å²) in [6.07, 6.45) is 5.40. The van der Waals surface area contributed by atoms with Gasteiger partial charge in [0.25, 0.3) is 0 Å². The maximum atomic E-state index is 4.15. The molecule has 1 aliphatic heterocycles. The monoisotopic (exact) mass is 202 g/mol. The molecule has 0 amide bonds. The van der Waals surface area contributed by atoms with Crippen molar-refractivity contribution in [2.24, 2.45) is 11.0 Å². The van der Waals surface area contributed by atoms with Crippen molar-refractivity contribution in [2.45, 2.75) is 32.2 Å². The van der Waals surface area contributed by atoms with Gasteiger partial charge in [-0.05, 0) is 30.7 Å². The zero-order chi connectivity index (χ0) is 10.5. The first-order chi connectivity index (χ1) is 7.40. The summed E-state index contributed by atoms with van der Waals surface area (Å²) in [5.41, 5.74) is 4.64. The van der Waals surface area contributed by atoms with Crippen LogP contribution in [0.2, 0.25) is 0 Å². The second-order valence-electron chi connectivity index (χ2n) is 4.14. The Morgan fingerprint density at radius 3 is 2.87 bits per heavy atom. The Bertz CT molecular complexity index is 319. The molecule has 0 saturated carbocycles. The van der Waals surface area contributed by atoms with Gasteiger partial charge in [0.15, 0.2) is 0 Å². The smallest absolute Gasteiger partial charge is 0.0472 e. The molecular formula is C13H18N2. The minimum atomic E-state index is 0.537. The van der Waals surface area contributed by atoms with Crippen LogP contribution in [-0.4, -0.2) is 12.3 Å². The van der Waals surface area contributed by atoms with Gasteiger partial charge in [-0.2, -0.15) is 5.10 Å². The molecule has 0 radical (unpaired) electrons. The minimum absolute atomic E-state index is 0.537. The van der Waals surface area contributed by atoms with Gasteiger partial charge in [-0.1, -0.05) is 37.3 Å². The van der Waals surface area contributed by atoms with Gasteiger partial charge in [0, 0.05) is 12.3 Å². The van der Waals surface area contributed by atoms with Crippen LogP contribution in [0.5, 0.6) is 0 Å². The third kappa shape index (κ3) is 2.58. The summed E-state index contributed by atoms with van der Waals surface area (Å²) >= 11 is 0. The van der Waals surface area contributed by atoms with Crippen molar-refractivity contribution in [3.8, 4) is 0 Å². The number of nitrogens with one attached hydrogen (secondary N) is 1. The summed E-state index contributed by atoms with van der Waals surface area (Å²) in [5, 5.41) is 4.15. The first-order valence-corrected chi connectivity index (χ1v) is 5.71. The van der Waals surface area contributed by atoms with Gasteiger partial charge in [-0.15, -0.1) is 0 Å². The van der Waals surface area contributed by atoms with Gasteiger partial charge >= 0.3 is 0 Å². The number of nitrogens with zero attached hydrogens (tertiary/aromatic N) is 1. The van der Waals surface area contributed by atoms with E-state index in [1.807, 2.05) is 6.21 Å². The average Bonchev–Trinajstić information content (AvgIpc) is 2.31. The predicted molar refractivity (Wildman–Crippen MR) is 64.0 cm³/mol. The van der Waals surface area contributed by atoms with Crippen molar-refractivity contribution in [3.63, 3.8) is 0 Å². The summed E-state index contributed by atoms with van der Waals surface area (Å²) in [5.74, 6) is 0.690. The lowest BCUT2D eigenvalue weighted by Crippen LogP contribution is -2.37. The lowest BCUT2D eigenvalue weighted by molar-refractivity contribution is 0.341. The lowest BCUT2D eigenvalue weighted by atomic mass is 9.88. The van der Waals surface area contributed by atoms with Gasteiger partial charge in [-0.25, -0.2) is 0 Å². The van der Waals surface area contributed by atoms with Crippen LogP contribution in [0.1, 0.15) is 25.3 Å². The molecule has 1 aliphatic rings. The van der Waals surface area contributed by atoms with E-state index in [2.05, 4.69) is 47.8 Å². The fourth-order valence-electron chi connectivity index (χ4n) is 2.17. The summed E-state index contributed by atoms with van der Waals surface area (Å²) in [7, 11) is 0. The van der Waals surface area contributed by atoms with E-state index in [0.717, 1.165) is 19.3 Å². The molecule has 2 nitrogen and oxygen atoms in total. The van der Waals surface area contributed by atoms with Gasteiger partial charge in [0.2, 0.25) is 0 Å². The quantitative estimate of drug-likeness (QED) is 0.800. The second-order valence-corrected chi connectivity index (χ2v) is 4.14. The zero-order valence-electron chi connectivity index (χ0n) is 9.19. The third-order valence-corrected chi connectivity index (χ3v) is 3.09. The van der Waals surface area contributed by atoms with Crippen molar-refractivity contribution in [2.75, 3.05) is 0 Å². The largest absolute Gasteiger partial charge is 0.307 e. The van der Waals surface area contributed by atoms with Crippen molar-refractivity contribution in [1.82, 2.24) is 5.43 Å². The molecule has 1 heterocycles. The highest BCUT2D eigenvalue weighted by atomic mass is 15.3. The molecule has 1 N–H and O–H groups in total. The Hall–Kier alpha value is -1.31. The standard InChI is InChI=1S/C13H18N2/c1-2-13-12(8-9-14-15-13)10-11-6-4-3-5-7-11/h3-7,9,12-13,15H,2,8,10H2,1H3. The summed E-state index contributed by atoms with van der Waals surface area (Å²) in [4.78, 5) is 0. The van der Waals surface area contributed by atoms with Crippen molar-refractivity contribution in [3.05, 3.63) is 35.9 Å². The molecule has 2 rings (SSSR count). The maximum absolute atomic E-state index is 4.15. The van der Waals surface area contributed by atoms with Gasteiger partial charge in [-0.3, -0.25) is 0 Å². The van der Waals surface area contributed by atoms with Crippen molar-refractivity contribution < 1.29 is 0 Å². The van der Waals surface area contributed by atoms with Crippen LogP contribution < -0.4 is 5.43 Å². The van der Waals surface area contributed by atoms with Gasteiger partial charge in [0.1, 0.15) is 0 Å². The molecule has 0 spiro atoms. The summed E-state index contributed by atoms with van der Waals surface area (Å²) < 4.78 is 0. The minimum Gasteiger partial charge on any atom is -0.307 e. The first kappa shape index (κ1) is 10.2. The Labute approximate surface area is 91.4 Å². The Kier molecular flexibility index (Phi) is 3.38. The van der Waals surface area contributed by atoms with E-state index in [-0.39, 0.29) is 0 Å². The van der Waals surface area contributed by atoms with Gasteiger partial charge < -0.3 is 5.43 Å². The Morgan fingerprint density at radius 1 is 1.33 bits per heavy atom. The van der Waals surface area contributed by atoms with E-state index in [0.29, 0.717) is 12.0 Å². The first-order valence-electron chi connectivity index (χ1n) is 5.71.